The molecular formula is C33H39AlNO5. The van der Waals surface area contributed by atoms with Crippen LogP contribution in [0.4, 0.5) is 0 Å². The van der Waals surface area contributed by atoms with Crippen molar-refractivity contribution in [1.29, 1.82) is 0 Å². The van der Waals surface area contributed by atoms with E-state index in [1.807, 2.05) is 42.5 Å². The standard InChI is InChI=1S/C32H36NO5.CH3.Al/c1-3-32(35)33-18-19-36-20-21-37-22-23-38-31-16-10-27(11-17-31)6-12-29-13-7-28(24-25(29)2)5-4-26-8-14-30(34)15-9-26;;/h4-17,24,34H,1,3,18-23H2,2H3,(H,33,35);1H3;/b5-4+,12-6+;;. The summed E-state index contributed by atoms with van der Waals surface area (Å²) in [5, 5.41) is 13.3. The fourth-order valence-electron chi connectivity index (χ4n) is 3.80. The molecule has 0 spiro atoms. The molecule has 1 radical (unpaired) electrons. The van der Waals surface area contributed by atoms with Gasteiger partial charge in [-0.3, -0.25) is 4.79 Å². The normalized spacial score (nSPS) is 11.2. The lowest BCUT2D eigenvalue weighted by Crippen LogP contribution is -2.27. The molecule has 3 rings (SSSR count). The Labute approximate surface area is 244 Å². The van der Waals surface area contributed by atoms with E-state index in [9.17, 15) is 9.90 Å². The van der Waals surface area contributed by atoms with Crippen molar-refractivity contribution in [2.24, 2.45) is 0 Å². The number of aryl methyl sites for hydroxylation is 1. The molecule has 209 valence electrons. The molecule has 0 aromatic heterocycles. The van der Waals surface area contributed by atoms with Gasteiger partial charge in [0.05, 0.1) is 26.4 Å². The van der Waals surface area contributed by atoms with Crippen molar-refractivity contribution in [3.63, 3.8) is 0 Å². The van der Waals surface area contributed by atoms with Crippen molar-refractivity contribution in [3.8, 4) is 11.5 Å². The molecule has 1 amide bonds. The van der Waals surface area contributed by atoms with E-state index in [1.165, 1.54) is 11.1 Å². The molecule has 0 aliphatic heterocycles. The maximum atomic E-state index is 11.5. The predicted molar refractivity (Wildman–Crippen MR) is 165 cm³/mol. The summed E-state index contributed by atoms with van der Waals surface area (Å²) in [4.78, 5) is 11.5. The molecule has 0 unspecified atom stereocenters. The molecule has 0 atom stereocenters. The number of hydrogen-bond acceptors (Lipinski definition) is 5. The third-order valence-electron chi connectivity index (χ3n) is 6.09. The van der Waals surface area contributed by atoms with Gasteiger partial charge in [-0.05, 0) is 59.0 Å². The van der Waals surface area contributed by atoms with E-state index >= 15 is 0 Å². The zero-order chi connectivity index (χ0) is 28.4. The van der Waals surface area contributed by atoms with Crippen LogP contribution in [0, 0.1) is 6.92 Å². The summed E-state index contributed by atoms with van der Waals surface area (Å²) >= 11 is 0.382. The molecule has 0 aliphatic rings. The van der Waals surface area contributed by atoms with Crippen LogP contribution in [-0.4, -0.2) is 65.8 Å². The molecule has 3 aromatic carbocycles. The van der Waals surface area contributed by atoms with Crippen molar-refractivity contribution < 1.29 is 24.1 Å². The second-order valence-electron chi connectivity index (χ2n) is 9.31. The summed E-state index contributed by atoms with van der Waals surface area (Å²) in [6.45, 7) is 5.09. The van der Waals surface area contributed by atoms with Gasteiger partial charge in [0.2, 0.25) is 5.91 Å². The fourth-order valence-corrected chi connectivity index (χ4v) is 4.35. The summed E-state index contributed by atoms with van der Waals surface area (Å²) in [5.41, 5.74) is 5.63. The Hall–Kier alpha value is -3.34. The first-order valence-corrected chi connectivity index (χ1v) is 15.7. The largest absolute Gasteiger partial charge is 0.508 e. The highest BCUT2D eigenvalue weighted by atomic mass is 27.1. The van der Waals surface area contributed by atoms with Crippen LogP contribution >= 0.6 is 0 Å². The quantitative estimate of drug-likeness (QED) is 0.119. The number of hydrogen-bond donors (Lipinski definition) is 2. The Balaban J connectivity index is 1.31. The van der Waals surface area contributed by atoms with Gasteiger partial charge in [0.15, 0.2) is 15.2 Å². The molecule has 0 heterocycles. The first-order valence-electron chi connectivity index (χ1n) is 13.7. The van der Waals surface area contributed by atoms with E-state index in [-0.39, 0.29) is 11.7 Å². The highest BCUT2D eigenvalue weighted by Gasteiger charge is 2.00. The van der Waals surface area contributed by atoms with Gasteiger partial charge in [-0.15, -0.1) is 5.79 Å². The first-order chi connectivity index (χ1) is 19.5. The minimum atomic E-state index is 0.105. The van der Waals surface area contributed by atoms with Crippen molar-refractivity contribution in [2.75, 3.05) is 39.6 Å². The molecule has 0 saturated carbocycles. The minimum absolute atomic E-state index is 0.105. The Kier molecular flexibility index (Phi) is 14.1. The highest BCUT2D eigenvalue weighted by molar-refractivity contribution is 6.33. The smallest absolute Gasteiger partial charge is 0.218 e. The highest BCUT2D eigenvalue weighted by Crippen LogP contribution is 2.19. The number of phenols is 1. The molecule has 0 saturated heterocycles. The summed E-state index contributed by atoms with van der Waals surface area (Å²) in [5.74, 6) is 3.33. The van der Waals surface area contributed by atoms with Gasteiger partial charge in [0.1, 0.15) is 18.1 Å². The number of phenolic OH excluding ortho intramolecular Hbond substituents is 1. The molecule has 6 nitrogen and oxygen atoms in total. The molecule has 2 N–H and O–H groups in total. The van der Waals surface area contributed by atoms with Crippen molar-refractivity contribution in [2.45, 2.75) is 24.4 Å². The van der Waals surface area contributed by atoms with E-state index in [0.29, 0.717) is 61.2 Å². The van der Waals surface area contributed by atoms with Crippen LogP contribution in [0.2, 0.25) is 11.1 Å². The average molecular weight is 557 g/mol. The van der Waals surface area contributed by atoms with Gasteiger partial charge in [-0.25, -0.2) is 0 Å². The Morgan fingerprint density at radius 3 is 2.10 bits per heavy atom. The zero-order valence-electron chi connectivity index (χ0n) is 23.5. The average Bonchev–Trinajstić information content (AvgIpc) is 2.97. The number of rotatable bonds is 17. The number of amides is 1. The molecule has 0 bridgehead atoms. The molecule has 0 aliphatic carbocycles. The number of aromatic hydroxyl groups is 1. The monoisotopic (exact) mass is 556 g/mol. The lowest BCUT2D eigenvalue weighted by molar-refractivity contribution is -0.121. The van der Waals surface area contributed by atoms with Gasteiger partial charge in [0.25, 0.3) is 0 Å². The molecule has 0 fully saturated rings. The van der Waals surface area contributed by atoms with Crippen LogP contribution in [0.3, 0.4) is 0 Å². The number of carbonyl (C=O) groups is 1. The van der Waals surface area contributed by atoms with Gasteiger partial charge in [-0.1, -0.05) is 72.1 Å². The SMILES string of the molecule is [CH3][Al][CH2]CC(=O)NCCOCCOCCOc1ccc(/C=C/c2ccc(/C=C/c3ccc(O)cc3)cc2C)cc1. The summed E-state index contributed by atoms with van der Waals surface area (Å²) in [6.07, 6.45) is 8.94. The number of benzene rings is 3. The van der Waals surface area contributed by atoms with Crippen molar-refractivity contribution in [3.05, 3.63) is 94.5 Å². The van der Waals surface area contributed by atoms with Crippen LogP contribution in [0.25, 0.3) is 24.3 Å². The maximum absolute atomic E-state index is 11.5. The third-order valence-corrected chi connectivity index (χ3v) is 6.95. The minimum Gasteiger partial charge on any atom is -0.508 e. The van der Waals surface area contributed by atoms with E-state index in [1.54, 1.807) is 12.1 Å². The first kappa shape index (κ1) is 31.2. The number of ether oxygens (including phenoxy) is 3. The Morgan fingerprint density at radius 2 is 1.40 bits per heavy atom. The zero-order valence-corrected chi connectivity index (χ0v) is 24.6. The Morgan fingerprint density at radius 1 is 0.800 bits per heavy atom. The molecule has 3 aromatic rings. The molecule has 7 heteroatoms. The van der Waals surface area contributed by atoms with Gasteiger partial charge < -0.3 is 24.6 Å². The van der Waals surface area contributed by atoms with Gasteiger partial charge in [0, 0.05) is 13.0 Å². The summed E-state index contributed by atoms with van der Waals surface area (Å²) in [7, 11) is 0. The predicted octanol–water partition coefficient (Wildman–Crippen LogP) is 6.13. The topological polar surface area (TPSA) is 77.0 Å². The van der Waals surface area contributed by atoms with E-state index < -0.39 is 0 Å². The fraction of sp³-hybridized carbons (Fsp3) is 0.303. The number of nitrogens with one attached hydrogen (secondary N) is 1. The maximum Gasteiger partial charge on any atom is 0.218 e. The lowest BCUT2D eigenvalue weighted by atomic mass is 10.0. The van der Waals surface area contributed by atoms with E-state index in [2.05, 4.69) is 54.5 Å². The summed E-state index contributed by atoms with van der Waals surface area (Å²) in [6, 6.07) is 21.5. The lowest BCUT2D eigenvalue weighted by Gasteiger charge is -2.09. The van der Waals surface area contributed by atoms with Crippen LogP contribution in [0.5, 0.6) is 11.5 Å². The Bertz CT molecular complexity index is 1220. The third kappa shape index (κ3) is 12.2. The van der Waals surface area contributed by atoms with E-state index in [4.69, 9.17) is 14.2 Å². The van der Waals surface area contributed by atoms with Crippen molar-refractivity contribution in [1.82, 2.24) is 5.32 Å². The second kappa shape index (κ2) is 18.1. The van der Waals surface area contributed by atoms with Crippen LogP contribution < -0.4 is 10.1 Å². The second-order valence-corrected chi connectivity index (χ2v) is 10.7. The molecular weight excluding hydrogens is 517 g/mol. The van der Waals surface area contributed by atoms with E-state index in [0.717, 1.165) is 27.7 Å². The van der Waals surface area contributed by atoms with Crippen LogP contribution in [0.15, 0.2) is 66.7 Å². The van der Waals surface area contributed by atoms with Crippen LogP contribution in [0.1, 0.15) is 34.2 Å². The summed E-state index contributed by atoms with van der Waals surface area (Å²) < 4.78 is 16.8. The van der Waals surface area contributed by atoms with Gasteiger partial charge >= 0.3 is 0 Å². The van der Waals surface area contributed by atoms with Gasteiger partial charge in [-0.2, -0.15) is 0 Å². The van der Waals surface area contributed by atoms with Crippen molar-refractivity contribution >= 4 is 45.4 Å². The number of carbonyl (C=O) groups excluding carboxylic acids is 1. The van der Waals surface area contributed by atoms with Crippen LogP contribution in [-0.2, 0) is 14.3 Å². The molecule has 40 heavy (non-hydrogen) atoms.